The Bertz CT molecular complexity index is 1000. The minimum atomic E-state index is -0.634. The Morgan fingerprint density at radius 1 is 0.935 bits per heavy atom. The van der Waals surface area contributed by atoms with E-state index < -0.39 is 17.3 Å². The third-order valence-electron chi connectivity index (χ3n) is 10.1. The summed E-state index contributed by atoms with van der Waals surface area (Å²) < 4.78 is 12.3. The van der Waals surface area contributed by atoms with E-state index in [2.05, 4.69) is 9.80 Å². The van der Waals surface area contributed by atoms with Crippen LogP contribution in [0.1, 0.15) is 51.4 Å². The average molecular weight is 424 g/mol. The number of hydrogen-bond acceptors (Lipinski definition) is 7. The van der Waals surface area contributed by atoms with Gasteiger partial charge in [-0.15, -0.1) is 0 Å². The lowest BCUT2D eigenvalue weighted by Crippen LogP contribution is -2.68. The van der Waals surface area contributed by atoms with Gasteiger partial charge in [-0.2, -0.15) is 0 Å². The zero-order valence-corrected chi connectivity index (χ0v) is 17.6. The number of piperidine rings is 2. The van der Waals surface area contributed by atoms with Crippen LogP contribution in [-0.2, 0) is 19.1 Å². The van der Waals surface area contributed by atoms with Gasteiger partial charge in [0, 0.05) is 42.5 Å². The summed E-state index contributed by atoms with van der Waals surface area (Å²) in [6, 6.07) is 0.806. The Balaban J connectivity index is 1.27. The standard InChI is InChI=1S/C24H28N2O5/c27-17-11-24-14(9-15(17)25-5-2-4-19(24)25)21(22(29)31-24)13-7-12-8-20(28)30-23(12)10-16(13)26-6-1-3-18(23)26/h8,13,15-19,27H,1-7,9-11H2/t13-,15-,16-,17+,18+,19+,23-,24+/m0/s1. The molecule has 0 aromatic rings. The largest absolute Gasteiger partial charge is 0.450 e. The maximum atomic E-state index is 13.5. The summed E-state index contributed by atoms with van der Waals surface area (Å²) in [5.41, 5.74) is 2.07. The smallest absolute Gasteiger partial charge is 0.335 e. The lowest BCUT2D eigenvalue weighted by molar-refractivity contribution is -0.176. The van der Waals surface area contributed by atoms with E-state index >= 15 is 0 Å². The minimum Gasteiger partial charge on any atom is -0.450 e. The molecule has 7 aliphatic heterocycles. The van der Waals surface area contributed by atoms with Gasteiger partial charge >= 0.3 is 11.9 Å². The zero-order valence-electron chi connectivity index (χ0n) is 17.6. The third-order valence-corrected chi connectivity index (χ3v) is 10.1. The first-order chi connectivity index (χ1) is 15.0. The number of carbonyl (C=O) groups is 2. The summed E-state index contributed by atoms with van der Waals surface area (Å²) in [5, 5.41) is 10.8. The molecule has 2 aliphatic carbocycles. The molecule has 1 N–H and O–H groups in total. The molecule has 7 heterocycles. The predicted molar refractivity (Wildman–Crippen MR) is 108 cm³/mol. The first-order valence-electron chi connectivity index (χ1n) is 12.1. The summed E-state index contributed by atoms with van der Waals surface area (Å²) in [4.78, 5) is 30.8. The molecule has 7 nitrogen and oxygen atoms in total. The third kappa shape index (κ3) is 1.87. The SMILES string of the molecule is O=C1C=C2C[C@H](C3=C4C[C@H]5[C@H](O)C[C@]4(OC3=O)[C@H]3CCCN53)[C@@H]3C[C@@]2(O1)[C@H]1CCCN31. The maximum absolute atomic E-state index is 13.5. The fourth-order valence-corrected chi connectivity index (χ4v) is 9.20. The summed E-state index contributed by atoms with van der Waals surface area (Å²) in [6.45, 7) is 2.00. The van der Waals surface area contributed by atoms with E-state index in [9.17, 15) is 14.7 Å². The highest BCUT2D eigenvalue weighted by Crippen LogP contribution is 2.62. The quantitative estimate of drug-likeness (QED) is 0.631. The van der Waals surface area contributed by atoms with Crippen LogP contribution >= 0.6 is 0 Å². The van der Waals surface area contributed by atoms with Crippen molar-refractivity contribution in [3.8, 4) is 0 Å². The van der Waals surface area contributed by atoms with E-state index in [-0.39, 0.29) is 42.0 Å². The number of fused-ring (bicyclic) bond motifs is 4. The highest BCUT2D eigenvalue weighted by atomic mass is 16.6. The number of aliphatic hydroxyl groups excluding tert-OH is 1. The minimum absolute atomic E-state index is 0.0604. The number of nitrogens with zero attached hydrogens (tertiary/aromatic N) is 2. The molecule has 9 aliphatic rings. The van der Waals surface area contributed by atoms with E-state index in [1.165, 1.54) is 5.57 Å². The van der Waals surface area contributed by atoms with Gasteiger partial charge in [0.15, 0.2) is 11.2 Å². The Labute approximate surface area is 181 Å². The normalized spacial score (nSPS) is 52.1. The predicted octanol–water partition coefficient (Wildman–Crippen LogP) is 1.06. The second kappa shape index (κ2) is 5.43. The highest BCUT2D eigenvalue weighted by Gasteiger charge is 2.69. The van der Waals surface area contributed by atoms with Gasteiger partial charge in [0.05, 0.1) is 18.2 Å². The van der Waals surface area contributed by atoms with Crippen molar-refractivity contribution in [2.24, 2.45) is 5.92 Å². The molecule has 4 bridgehead atoms. The molecule has 0 unspecified atom stereocenters. The highest BCUT2D eigenvalue weighted by molar-refractivity contribution is 5.95. The molecule has 8 atom stereocenters. The number of esters is 2. The van der Waals surface area contributed by atoms with E-state index in [0.717, 1.165) is 69.2 Å². The van der Waals surface area contributed by atoms with Crippen molar-refractivity contribution in [3.63, 3.8) is 0 Å². The van der Waals surface area contributed by atoms with Crippen molar-refractivity contribution in [1.82, 2.24) is 9.80 Å². The number of rotatable bonds is 1. The van der Waals surface area contributed by atoms with Gasteiger partial charge in [0.2, 0.25) is 0 Å². The lowest BCUT2D eigenvalue weighted by Gasteiger charge is -2.56. The van der Waals surface area contributed by atoms with E-state index in [4.69, 9.17) is 9.47 Å². The van der Waals surface area contributed by atoms with Crippen molar-refractivity contribution >= 4 is 11.9 Å². The van der Waals surface area contributed by atoms with E-state index in [1.54, 1.807) is 6.08 Å². The lowest BCUT2D eigenvalue weighted by atomic mass is 9.63. The van der Waals surface area contributed by atoms with Crippen LogP contribution in [0.5, 0.6) is 0 Å². The summed E-state index contributed by atoms with van der Waals surface area (Å²) in [5.74, 6) is -0.319. The Morgan fingerprint density at radius 2 is 1.68 bits per heavy atom. The van der Waals surface area contributed by atoms with Gasteiger partial charge in [0.1, 0.15) is 0 Å². The van der Waals surface area contributed by atoms with Crippen LogP contribution < -0.4 is 0 Å². The first-order valence-corrected chi connectivity index (χ1v) is 12.1. The molecule has 164 valence electrons. The Morgan fingerprint density at radius 3 is 2.48 bits per heavy atom. The molecule has 2 saturated carbocycles. The molecule has 0 aromatic heterocycles. The molecule has 31 heavy (non-hydrogen) atoms. The van der Waals surface area contributed by atoms with Crippen LogP contribution in [0, 0.1) is 5.92 Å². The summed E-state index contributed by atoms with van der Waals surface area (Å²) >= 11 is 0. The molecule has 7 fully saturated rings. The molecule has 9 rings (SSSR count). The van der Waals surface area contributed by atoms with Gasteiger partial charge in [-0.3, -0.25) is 9.80 Å². The van der Waals surface area contributed by atoms with Crippen molar-refractivity contribution < 1.29 is 24.2 Å². The summed E-state index contributed by atoms with van der Waals surface area (Å²) in [6.07, 6.45) is 8.40. The second-order valence-corrected chi connectivity index (χ2v) is 11.1. The van der Waals surface area contributed by atoms with E-state index in [0.29, 0.717) is 6.42 Å². The molecule has 2 spiro atoms. The molecule has 5 saturated heterocycles. The second-order valence-electron chi connectivity index (χ2n) is 11.1. The van der Waals surface area contributed by atoms with Gasteiger partial charge in [-0.1, -0.05) is 0 Å². The molecule has 7 heteroatoms. The number of carbonyl (C=O) groups excluding carboxylic acids is 2. The van der Waals surface area contributed by atoms with E-state index in [1.807, 2.05) is 0 Å². The van der Waals surface area contributed by atoms with Crippen LogP contribution in [-0.4, -0.2) is 81.4 Å². The van der Waals surface area contributed by atoms with Gasteiger partial charge in [0.25, 0.3) is 0 Å². The van der Waals surface area contributed by atoms with Crippen LogP contribution in [0.25, 0.3) is 0 Å². The zero-order chi connectivity index (χ0) is 20.7. The van der Waals surface area contributed by atoms with Crippen molar-refractivity contribution in [2.45, 2.75) is 92.8 Å². The van der Waals surface area contributed by atoms with Crippen molar-refractivity contribution in [1.29, 1.82) is 0 Å². The maximum Gasteiger partial charge on any atom is 0.335 e. The topological polar surface area (TPSA) is 79.3 Å². The molecular formula is C24H28N2O5. The molecule has 0 radical (unpaired) electrons. The monoisotopic (exact) mass is 424 g/mol. The van der Waals surface area contributed by atoms with Crippen LogP contribution in [0.15, 0.2) is 22.8 Å². The molecule has 0 amide bonds. The van der Waals surface area contributed by atoms with Crippen LogP contribution in [0.2, 0.25) is 0 Å². The molecular weight excluding hydrogens is 396 g/mol. The Kier molecular flexibility index (Phi) is 3.12. The Hall–Kier alpha value is -1.70. The first kappa shape index (κ1) is 17.8. The van der Waals surface area contributed by atoms with Crippen molar-refractivity contribution in [3.05, 3.63) is 22.8 Å². The molecule has 0 aromatic carbocycles. The number of hydrogen-bond donors (Lipinski definition) is 1. The average Bonchev–Trinajstić information content (AvgIpc) is 3.51. The number of ether oxygens (including phenoxy) is 2. The number of aliphatic hydroxyl groups is 1. The summed E-state index contributed by atoms with van der Waals surface area (Å²) in [7, 11) is 0. The van der Waals surface area contributed by atoms with Crippen molar-refractivity contribution in [2.75, 3.05) is 13.1 Å². The van der Waals surface area contributed by atoms with Gasteiger partial charge in [-0.05, 0) is 62.8 Å². The van der Waals surface area contributed by atoms with Crippen LogP contribution in [0.4, 0.5) is 0 Å². The fourth-order valence-electron chi connectivity index (χ4n) is 9.20. The fraction of sp³-hybridized carbons (Fsp3) is 0.750. The van der Waals surface area contributed by atoms with Gasteiger partial charge < -0.3 is 14.6 Å². The van der Waals surface area contributed by atoms with Gasteiger partial charge in [-0.25, -0.2) is 9.59 Å². The van der Waals surface area contributed by atoms with Crippen LogP contribution in [0.3, 0.4) is 0 Å².